The van der Waals surface area contributed by atoms with Gasteiger partial charge < -0.3 is 4.90 Å². The van der Waals surface area contributed by atoms with E-state index in [1.165, 1.54) is 58.3 Å². The lowest BCUT2D eigenvalue weighted by molar-refractivity contribution is 1.28. The normalized spacial score (nSPS) is 11.4. The summed E-state index contributed by atoms with van der Waals surface area (Å²) in [5.74, 6) is 0. The zero-order valence-corrected chi connectivity index (χ0v) is 30.3. The van der Waals surface area contributed by atoms with Crippen molar-refractivity contribution in [2.45, 2.75) is 0 Å². The van der Waals surface area contributed by atoms with Crippen molar-refractivity contribution in [3.05, 3.63) is 194 Å². The van der Waals surface area contributed by atoms with E-state index in [0.29, 0.717) is 0 Å². The number of thiazole rings is 1. The molecule has 0 spiro atoms. The average Bonchev–Trinajstić information content (AvgIpc) is 3.83. The summed E-state index contributed by atoms with van der Waals surface area (Å²) in [6, 6.07) is 69.6. The zero-order valence-electron chi connectivity index (χ0n) is 28.7. The Morgan fingerprint density at radius 1 is 0.377 bits per heavy atom. The molecule has 0 bridgehead atoms. The molecular weight excluding hydrogens is 681 g/mol. The van der Waals surface area contributed by atoms with Crippen LogP contribution in [-0.2, 0) is 0 Å². The number of hydrogen-bond acceptors (Lipinski definition) is 4. The lowest BCUT2D eigenvalue weighted by Crippen LogP contribution is -2.09. The number of thiophene rings is 1. The molecule has 0 atom stereocenters. The molecule has 2 aromatic heterocycles. The molecule has 0 saturated carbocycles. The number of benzene rings is 8. The van der Waals surface area contributed by atoms with Gasteiger partial charge in [0.1, 0.15) is 5.01 Å². The van der Waals surface area contributed by atoms with Crippen LogP contribution in [0.1, 0.15) is 0 Å². The third-order valence-electron chi connectivity index (χ3n) is 9.92. The second-order valence-corrected chi connectivity index (χ2v) is 15.2. The number of hydrogen-bond donors (Lipinski definition) is 0. The van der Waals surface area contributed by atoms with Crippen LogP contribution in [0.4, 0.5) is 17.1 Å². The number of rotatable bonds is 7. The highest BCUT2D eigenvalue weighted by Gasteiger charge is 2.20. The van der Waals surface area contributed by atoms with E-state index in [1.54, 1.807) is 11.3 Å². The average molecular weight is 713 g/mol. The van der Waals surface area contributed by atoms with Crippen molar-refractivity contribution in [1.82, 2.24) is 4.98 Å². The second kappa shape index (κ2) is 13.3. The third kappa shape index (κ3) is 5.79. The summed E-state index contributed by atoms with van der Waals surface area (Å²) in [6.45, 7) is 0. The monoisotopic (exact) mass is 712 g/mol. The maximum atomic E-state index is 5.19. The van der Waals surface area contributed by atoms with Crippen LogP contribution in [0.3, 0.4) is 0 Å². The van der Waals surface area contributed by atoms with Crippen LogP contribution in [0.15, 0.2) is 194 Å². The van der Waals surface area contributed by atoms with Gasteiger partial charge in [0.2, 0.25) is 0 Å². The molecule has 0 aliphatic heterocycles. The summed E-state index contributed by atoms with van der Waals surface area (Å²) in [6.07, 6.45) is 0. The molecule has 0 aliphatic carbocycles. The topological polar surface area (TPSA) is 16.1 Å². The molecule has 2 nitrogen and oxygen atoms in total. The summed E-state index contributed by atoms with van der Waals surface area (Å²) in [5, 5.41) is 3.64. The highest BCUT2D eigenvalue weighted by atomic mass is 32.1. The summed E-state index contributed by atoms with van der Waals surface area (Å²) < 4.78 is 3.78. The summed E-state index contributed by atoms with van der Waals surface area (Å²) >= 11 is 3.63. The molecule has 53 heavy (non-hydrogen) atoms. The van der Waals surface area contributed by atoms with E-state index < -0.39 is 0 Å². The Morgan fingerprint density at radius 3 is 1.38 bits per heavy atom. The Morgan fingerprint density at radius 2 is 0.830 bits per heavy atom. The predicted octanol–water partition coefficient (Wildman–Crippen LogP) is 14.8. The molecule has 0 amide bonds. The van der Waals surface area contributed by atoms with Crippen LogP contribution in [0.2, 0.25) is 0 Å². The number of nitrogens with zero attached hydrogens (tertiary/aromatic N) is 2. The molecule has 0 radical (unpaired) electrons. The molecule has 2 heterocycles. The Hall–Kier alpha value is -6.33. The van der Waals surface area contributed by atoms with Gasteiger partial charge >= 0.3 is 0 Å². The van der Waals surface area contributed by atoms with E-state index in [9.17, 15) is 0 Å². The first kappa shape index (κ1) is 31.4. The SMILES string of the molecule is c1ccc(-c2ccc(N(c3ccc(-c4ccccc4)cc3)c3ccc(-c4c5sc(-c6ccccc6)nc5cc5sc6ccccc6c45)cc3)cc2)cc1. The van der Waals surface area contributed by atoms with Crippen molar-refractivity contribution < 1.29 is 0 Å². The van der Waals surface area contributed by atoms with Gasteiger partial charge in [-0.15, -0.1) is 22.7 Å². The van der Waals surface area contributed by atoms with Gasteiger partial charge in [0.05, 0.1) is 10.2 Å². The van der Waals surface area contributed by atoms with E-state index in [-0.39, 0.29) is 0 Å². The van der Waals surface area contributed by atoms with Crippen molar-refractivity contribution in [1.29, 1.82) is 0 Å². The van der Waals surface area contributed by atoms with Gasteiger partial charge in [-0.05, 0) is 76.3 Å². The quantitative estimate of drug-likeness (QED) is 0.164. The van der Waals surface area contributed by atoms with Gasteiger partial charge in [-0.2, -0.15) is 0 Å². The minimum atomic E-state index is 1.05. The highest BCUT2D eigenvalue weighted by molar-refractivity contribution is 7.26. The largest absolute Gasteiger partial charge is 0.311 e. The van der Waals surface area contributed by atoms with Crippen LogP contribution in [0.25, 0.3) is 74.3 Å². The first-order valence-corrected chi connectivity index (χ1v) is 19.4. The van der Waals surface area contributed by atoms with Crippen LogP contribution in [0.5, 0.6) is 0 Å². The summed E-state index contributed by atoms with van der Waals surface area (Å²) in [5.41, 5.74) is 12.8. The fourth-order valence-electron chi connectivity index (χ4n) is 7.34. The fourth-order valence-corrected chi connectivity index (χ4v) is 9.61. The predicted molar refractivity (Wildman–Crippen MR) is 229 cm³/mol. The Labute approximate surface area is 316 Å². The minimum Gasteiger partial charge on any atom is -0.311 e. The molecule has 10 aromatic rings. The smallest absolute Gasteiger partial charge is 0.124 e. The van der Waals surface area contributed by atoms with Gasteiger partial charge in [-0.3, -0.25) is 0 Å². The van der Waals surface area contributed by atoms with E-state index in [0.717, 1.165) is 33.1 Å². The van der Waals surface area contributed by atoms with E-state index in [2.05, 4.69) is 199 Å². The molecule has 0 aliphatic rings. The van der Waals surface area contributed by atoms with Gasteiger partial charge in [-0.1, -0.05) is 146 Å². The van der Waals surface area contributed by atoms with Crippen molar-refractivity contribution >= 4 is 70.1 Å². The summed E-state index contributed by atoms with van der Waals surface area (Å²) in [7, 11) is 0. The van der Waals surface area contributed by atoms with Crippen molar-refractivity contribution in [3.8, 4) is 44.0 Å². The minimum absolute atomic E-state index is 1.05. The van der Waals surface area contributed by atoms with E-state index in [1.807, 2.05) is 11.3 Å². The Bertz CT molecular complexity index is 2760. The molecule has 4 heteroatoms. The number of aromatic nitrogens is 1. The highest BCUT2D eigenvalue weighted by Crippen LogP contribution is 2.47. The molecule has 0 fully saturated rings. The molecule has 250 valence electrons. The van der Waals surface area contributed by atoms with E-state index >= 15 is 0 Å². The van der Waals surface area contributed by atoms with Crippen molar-refractivity contribution in [3.63, 3.8) is 0 Å². The fraction of sp³-hybridized carbons (Fsp3) is 0. The van der Waals surface area contributed by atoms with Crippen molar-refractivity contribution in [2.24, 2.45) is 0 Å². The van der Waals surface area contributed by atoms with Gasteiger partial charge in [0.15, 0.2) is 0 Å². The molecule has 10 rings (SSSR count). The molecule has 8 aromatic carbocycles. The van der Waals surface area contributed by atoms with E-state index in [4.69, 9.17) is 4.98 Å². The van der Waals surface area contributed by atoms with Crippen LogP contribution in [-0.4, -0.2) is 4.98 Å². The zero-order chi connectivity index (χ0) is 35.1. The standard InChI is InChI=1S/C49H32N2S2/c1-4-12-33(13-5-1)35-20-26-39(27-21-35)51(40-28-22-36(23-29-40)34-14-6-2-7-15-34)41-30-24-37(25-31-41)46-47-42-18-10-11-19-44(42)52-45(47)32-43-48(46)53-49(50-43)38-16-8-3-9-17-38/h1-32H. The first-order valence-electron chi connectivity index (χ1n) is 17.8. The lowest BCUT2D eigenvalue weighted by Gasteiger charge is -2.26. The second-order valence-electron chi connectivity index (χ2n) is 13.2. The van der Waals surface area contributed by atoms with Gasteiger partial charge in [0, 0.05) is 48.4 Å². The van der Waals surface area contributed by atoms with Gasteiger partial charge in [0.25, 0.3) is 0 Å². The third-order valence-corrected chi connectivity index (χ3v) is 12.2. The lowest BCUT2D eigenvalue weighted by atomic mass is 9.98. The maximum absolute atomic E-state index is 5.19. The maximum Gasteiger partial charge on any atom is 0.124 e. The molecule has 0 unspecified atom stereocenters. The molecule has 0 N–H and O–H groups in total. The van der Waals surface area contributed by atoms with Crippen LogP contribution >= 0.6 is 22.7 Å². The summed E-state index contributed by atoms with van der Waals surface area (Å²) in [4.78, 5) is 7.54. The Kier molecular flexibility index (Phi) is 7.90. The molecule has 0 saturated heterocycles. The van der Waals surface area contributed by atoms with Crippen LogP contribution in [0, 0.1) is 0 Å². The Balaban J connectivity index is 1.11. The first-order chi connectivity index (χ1) is 26.3. The number of anilines is 3. The van der Waals surface area contributed by atoms with Crippen LogP contribution < -0.4 is 4.90 Å². The van der Waals surface area contributed by atoms with Gasteiger partial charge in [-0.25, -0.2) is 4.98 Å². The number of fused-ring (bicyclic) bond motifs is 4. The van der Waals surface area contributed by atoms with Crippen molar-refractivity contribution in [2.75, 3.05) is 4.90 Å². The molecular formula is C49H32N2S2.